The molecule has 1 heterocycles. The summed E-state index contributed by atoms with van der Waals surface area (Å²) in [6.07, 6.45) is 9.83. The monoisotopic (exact) mass is 401 g/mol. The van der Waals surface area contributed by atoms with Gasteiger partial charge < -0.3 is 10.1 Å². The minimum atomic E-state index is -0.276. The topological polar surface area (TPSA) is 55.4 Å². The Bertz CT molecular complexity index is 838. The number of thiophene rings is 1. The van der Waals surface area contributed by atoms with Gasteiger partial charge in [-0.05, 0) is 87.0 Å². The molecule has 4 fully saturated rings. The fourth-order valence-corrected chi connectivity index (χ4v) is 9.12. The zero-order chi connectivity index (χ0) is 19.7. The minimum absolute atomic E-state index is 0.152. The van der Waals surface area contributed by atoms with Crippen LogP contribution in [0.15, 0.2) is 0 Å². The Kier molecular flexibility index (Phi) is 4.04. The van der Waals surface area contributed by atoms with E-state index in [1.54, 1.807) is 11.3 Å². The number of ether oxygens (including phenoxy) is 1. The number of hydrogen-bond donors (Lipinski definition) is 1. The highest BCUT2D eigenvalue weighted by atomic mass is 32.1. The van der Waals surface area contributed by atoms with Gasteiger partial charge in [0.1, 0.15) is 5.00 Å². The number of rotatable bonds is 4. The van der Waals surface area contributed by atoms with Gasteiger partial charge in [-0.25, -0.2) is 4.79 Å². The normalized spacial score (nSPS) is 37.8. The Labute approximate surface area is 171 Å². The summed E-state index contributed by atoms with van der Waals surface area (Å²) >= 11 is 1.60. The summed E-state index contributed by atoms with van der Waals surface area (Å²) in [5, 5.41) is 3.98. The molecule has 152 valence electrons. The average molecular weight is 402 g/mol. The van der Waals surface area contributed by atoms with E-state index in [1.165, 1.54) is 24.1 Å². The molecule has 1 aromatic heterocycles. The van der Waals surface area contributed by atoms with Crippen molar-refractivity contribution in [2.75, 3.05) is 11.9 Å². The molecule has 0 radical (unpaired) electrons. The summed E-state index contributed by atoms with van der Waals surface area (Å²) in [5.41, 5.74) is 2.08. The van der Waals surface area contributed by atoms with Crippen LogP contribution >= 0.6 is 11.3 Å². The molecule has 2 unspecified atom stereocenters. The predicted octanol–water partition coefficient (Wildman–Crippen LogP) is 5.35. The number of carbonyl (C=O) groups excluding carboxylic acids is 2. The Hall–Kier alpha value is -1.36. The number of anilines is 1. The average Bonchev–Trinajstić information content (AvgIpc) is 3.11. The molecule has 4 nitrogen and oxygen atoms in total. The highest BCUT2D eigenvalue weighted by Gasteiger charge is 2.62. The van der Waals surface area contributed by atoms with Gasteiger partial charge in [0.05, 0.1) is 17.6 Å². The third-order valence-corrected chi connectivity index (χ3v) is 8.94. The van der Waals surface area contributed by atoms with Crippen molar-refractivity contribution in [3.05, 3.63) is 16.0 Å². The SMILES string of the molecule is CCOC(=O)c1c(NC(=O)C23CC4CC(C)(CC(C)(C4)C2)C3)sc2c1CCC2. The Morgan fingerprint density at radius 1 is 1.11 bits per heavy atom. The fourth-order valence-electron chi connectivity index (χ4n) is 7.85. The maximum Gasteiger partial charge on any atom is 0.341 e. The van der Waals surface area contributed by atoms with Gasteiger partial charge in [-0.3, -0.25) is 4.79 Å². The maximum absolute atomic E-state index is 13.7. The van der Waals surface area contributed by atoms with Crippen LogP contribution in [0, 0.1) is 22.2 Å². The number of aryl methyl sites for hydroxylation is 1. The van der Waals surface area contributed by atoms with Crippen LogP contribution in [0.4, 0.5) is 5.00 Å². The smallest absolute Gasteiger partial charge is 0.341 e. The van der Waals surface area contributed by atoms with Gasteiger partial charge in [-0.15, -0.1) is 11.3 Å². The lowest BCUT2D eigenvalue weighted by atomic mass is 9.40. The summed E-state index contributed by atoms with van der Waals surface area (Å²) in [4.78, 5) is 27.6. The van der Waals surface area contributed by atoms with E-state index in [9.17, 15) is 9.59 Å². The molecular weight excluding hydrogens is 370 g/mol. The third kappa shape index (κ3) is 2.76. The van der Waals surface area contributed by atoms with E-state index in [-0.39, 0.29) is 17.3 Å². The molecule has 6 rings (SSSR count). The number of fused-ring (bicyclic) bond motifs is 1. The molecule has 5 aliphatic carbocycles. The van der Waals surface area contributed by atoms with Gasteiger partial charge in [0, 0.05) is 4.88 Å². The van der Waals surface area contributed by atoms with Crippen LogP contribution in [0.5, 0.6) is 0 Å². The second kappa shape index (κ2) is 6.07. The highest BCUT2D eigenvalue weighted by molar-refractivity contribution is 7.17. The van der Waals surface area contributed by atoms with Gasteiger partial charge in [-0.2, -0.15) is 0 Å². The van der Waals surface area contributed by atoms with Crippen molar-refractivity contribution >= 4 is 28.2 Å². The summed E-state index contributed by atoms with van der Waals surface area (Å²) < 4.78 is 5.33. The molecule has 0 aromatic carbocycles. The van der Waals surface area contributed by atoms with Crippen molar-refractivity contribution in [2.45, 2.75) is 78.6 Å². The Morgan fingerprint density at radius 3 is 2.46 bits per heavy atom. The minimum Gasteiger partial charge on any atom is -0.462 e. The van der Waals surface area contributed by atoms with E-state index in [0.717, 1.165) is 49.1 Å². The molecule has 4 bridgehead atoms. The van der Waals surface area contributed by atoms with E-state index in [4.69, 9.17) is 4.74 Å². The van der Waals surface area contributed by atoms with Crippen LogP contribution < -0.4 is 5.32 Å². The molecule has 0 spiro atoms. The molecule has 0 aliphatic heterocycles. The van der Waals surface area contributed by atoms with Crippen molar-refractivity contribution in [3.8, 4) is 0 Å². The second-order valence-corrected chi connectivity index (χ2v) is 11.8. The first-order valence-electron chi connectivity index (χ1n) is 10.9. The van der Waals surface area contributed by atoms with E-state index >= 15 is 0 Å². The van der Waals surface area contributed by atoms with Crippen LogP contribution in [0.2, 0.25) is 0 Å². The van der Waals surface area contributed by atoms with Gasteiger partial charge in [0.2, 0.25) is 5.91 Å². The van der Waals surface area contributed by atoms with E-state index < -0.39 is 0 Å². The van der Waals surface area contributed by atoms with Crippen LogP contribution in [-0.2, 0) is 22.4 Å². The van der Waals surface area contributed by atoms with Crippen LogP contribution in [0.1, 0.15) is 86.5 Å². The molecule has 5 aliphatic rings. The molecule has 1 aromatic rings. The molecule has 4 saturated carbocycles. The van der Waals surface area contributed by atoms with E-state index in [2.05, 4.69) is 19.2 Å². The second-order valence-electron chi connectivity index (χ2n) is 10.6. The third-order valence-electron chi connectivity index (χ3n) is 7.74. The number of esters is 1. The number of amides is 1. The molecule has 0 saturated heterocycles. The van der Waals surface area contributed by atoms with Crippen molar-refractivity contribution in [3.63, 3.8) is 0 Å². The zero-order valence-electron chi connectivity index (χ0n) is 17.3. The largest absolute Gasteiger partial charge is 0.462 e. The standard InChI is InChI=1S/C23H31NO3S/c1-4-27-19(25)17-15-6-5-7-16(15)28-18(17)24-20(26)23-10-14-8-21(2,12-23)11-22(3,9-14)13-23/h14H,4-13H2,1-3H3,(H,24,26). The Balaban J connectivity index is 1.46. The summed E-state index contributed by atoms with van der Waals surface area (Å²) in [7, 11) is 0. The van der Waals surface area contributed by atoms with Crippen molar-refractivity contribution in [1.29, 1.82) is 0 Å². The first-order valence-corrected chi connectivity index (χ1v) is 11.7. The molecule has 1 N–H and O–H groups in total. The first kappa shape index (κ1) is 18.7. The lowest BCUT2D eigenvalue weighted by Gasteiger charge is -2.64. The molecule has 2 atom stereocenters. The highest BCUT2D eigenvalue weighted by Crippen LogP contribution is 2.69. The lowest BCUT2D eigenvalue weighted by molar-refractivity contribution is -0.165. The van der Waals surface area contributed by atoms with Crippen molar-refractivity contribution < 1.29 is 14.3 Å². The van der Waals surface area contributed by atoms with E-state index in [0.29, 0.717) is 28.9 Å². The molecule has 28 heavy (non-hydrogen) atoms. The quantitative estimate of drug-likeness (QED) is 0.692. The van der Waals surface area contributed by atoms with E-state index in [1.807, 2.05) is 6.92 Å². The van der Waals surface area contributed by atoms with Gasteiger partial charge in [0.15, 0.2) is 0 Å². The van der Waals surface area contributed by atoms with Crippen molar-refractivity contribution in [1.82, 2.24) is 0 Å². The molecule has 1 amide bonds. The Morgan fingerprint density at radius 2 is 1.82 bits per heavy atom. The summed E-state index contributed by atoms with van der Waals surface area (Å²) in [6, 6.07) is 0. The first-order chi connectivity index (χ1) is 13.2. The summed E-state index contributed by atoms with van der Waals surface area (Å²) in [6.45, 7) is 6.97. The molecule has 5 heteroatoms. The van der Waals surface area contributed by atoms with Gasteiger partial charge >= 0.3 is 5.97 Å². The molecular formula is C23H31NO3S. The van der Waals surface area contributed by atoms with Gasteiger partial charge in [-0.1, -0.05) is 13.8 Å². The predicted molar refractivity (Wildman–Crippen MR) is 111 cm³/mol. The zero-order valence-corrected chi connectivity index (χ0v) is 18.1. The fraction of sp³-hybridized carbons (Fsp3) is 0.739. The number of nitrogens with one attached hydrogen (secondary N) is 1. The van der Waals surface area contributed by atoms with Crippen LogP contribution in [0.3, 0.4) is 0 Å². The lowest BCUT2D eigenvalue weighted by Crippen LogP contribution is -2.58. The van der Waals surface area contributed by atoms with Crippen molar-refractivity contribution in [2.24, 2.45) is 22.2 Å². The van der Waals surface area contributed by atoms with Gasteiger partial charge in [0.25, 0.3) is 0 Å². The summed E-state index contributed by atoms with van der Waals surface area (Å²) in [5.74, 6) is 0.552. The number of hydrogen-bond acceptors (Lipinski definition) is 4. The maximum atomic E-state index is 13.7. The van der Waals surface area contributed by atoms with Crippen LogP contribution in [-0.4, -0.2) is 18.5 Å². The number of carbonyl (C=O) groups is 2. The van der Waals surface area contributed by atoms with Crippen LogP contribution in [0.25, 0.3) is 0 Å².